The number of hydrogen-bond acceptors (Lipinski definition) is 3. The van der Waals surface area contributed by atoms with Crippen LogP contribution in [0.4, 0.5) is 51.2 Å². The van der Waals surface area contributed by atoms with Crippen molar-refractivity contribution >= 4 is 105 Å². The lowest BCUT2D eigenvalue weighted by atomic mass is 9.81. The Morgan fingerprint density at radius 1 is 0.207 bits per heavy atom. The lowest BCUT2D eigenvalue weighted by molar-refractivity contribution is 0.661. The molecular formula is C89H63N3. The third-order valence-corrected chi connectivity index (χ3v) is 19.1. The van der Waals surface area contributed by atoms with Crippen LogP contribution >= 0.6 is 0 Å². The van der Waals surface area contributed by atoms with Crippen LogP contribution in [0.25, 0.3) is 98.4 Å². The summed E-state index contributed by atoms with van der Waals surface area (Å²) >= 11 is 0. The summed E-state index contributed by atoms with van der Waals surface area (Å²) < 4.78 is 0. The second-order valence-electron chi connectivity index (χ2n) is 24.8. The molecule has 0 fully saturated rings. The van der Waals surface area contributed by atoms with Crippen molar-refractivity contribution in [2.75, 3.05) is 14.7 Å². The first-order valence-electron chi connectivity index (χ1n) is 31.9. The number of hydrogen-bond donors (Lipinski definition) is 0. The Labute approximate surface area is 537 Å². The second kappa shape index (κ2) is 22.4. The maximum absolute atomic E-state index is 2.59. The molecule has 0 heterocycles. The fourth-order valence-corrected chi connectivity index (χ4v) is 14.7. The molecule has 0 saturated carbocycles. The van der Waals surface area contributed by atoms with Gasteiger partial charge in [0.25, 0.3) is 0 Å². The summed E-state index contributed by atoms with van der Waals surface area (Å²) in [5.41, 5.74) is 21.3. The SMILES string of the molecule is CC1(C)c2cc(N(c3ccc4ccccc4c3)c3ccccc3-c3ccccc3)ccc2-c2cc3c(N(c4ccc5ccccc5c4)c4ccccc4-c4ccccc4)c4ccccc4c(N(c4ccc5ccccc5c4)c4ccccc4-c4ccccc4)c3cc21. The number of nitrogens with zero attached hydrogens (tertiary/aromatic N) is 3. The zero-order valence-corrected chi connectivity index (χ0v) is 51.3. The molecule has 0 radical (unpaired) electrons. The molecule has 3 heteroatoms. The highest BCUT2D eigenvalue weighted by Gasteiger charge is 2.39. The van der Waals surface area contributed by atoms with Crippen LogP contribution in [0.15, 0.2) is 346 Å². The maximum atomic E-state index is 2.59. The van der Waals surface area contributed by atoms with Crippen molar-refractivity contribution in [3.05, 3.63) is 357 Å². The van der Waals surface area contributed by atoms with Crippen molar-refractivity contribution < 1.29 is 0 Å². The molecule has 0 aliphatic heterocycles. The van der Waals surface area contributed by atoms with Gasteiger partial charge < -0.3 is 14.7 Å². The van der Waals surface area contributed by atoms with Crippen LogP contribution in [0, 0.1) is 0 Å². The quantitative estimate of drug-likeness (QED) is 0.0892. The molecule has 0 amide bonds. The van der Waals surface area contributed by atoms with Gasteiger partial charge in [0.15, 0.2) is 0 Å². The van der Waals surface area contributed by atoms with Gasteiger partial charge >= 0.3 is 0 Å². The van der Waals surface area contributed by atoms with E-state index in [1.165, 1.54) is 60.1 Å². The molecule has 0 unspecified atom stereocenters. The lowest BCUT2D eigenvalue weighted by Crippen LogP contribution is -2.18. The third-order valence-electron chi connectivity index (χ3n) is 19.1. The zero-order valence-electron chi connectivity index (χ0n) is 51.3. The Morgan fingerprint density at radius 2 is 0.522 bits per heavy atom. The van der Waals surface area contributed by atoms with Crippen molar-refractivity contribution in [3.63, 3.8) is 0 Å². The minimum absolute atomic E-state index is 0.459. The number of fused-ring (bicyclic) bond motifs is 8. The first kappa shape index (κ1) is 54.4. The molecule has 0 N–H and O–H groups in total. The van der Waals surface area contributed by atoms with Gasteiger partial charge in [0, 0.05) is 66.4 Å². The topological polar surface area (TPSA) is 9.72 Å². The molecule has 1 aliphatic carbocycles. The van der Waals surface area contributed by atoms with Gasteiger partial charge in [-0.3, -0.25) is 0 Å². The summed E-state index contributed by atoms with van der Waals surface area (Å²) in [5.74, 6) is 0. The summed E-state index contributed by atoms with van der Waals surface area (Å²) in [5, 5.41) is 11.7. The number of benzene rings is 16. The van der Waals surface area contributed by atoms with Crippen LogP contribution in [0.2, 0.25) is 0 Å². The van der Waals surface area contributed by atoms with E-state index in [1.54, 1.807) is 0 Å². The van der Waals surface area contributed by atoms with Gasteiger partial charge in [0.2, 0.25) is 0 Å². The van der Waals surface area contributed by atoms with Crippen molar-refractivity contribution in [2.45, 2.75) is 19.3 Å². The lowest BCUT2D eigenvalue weighted by Gasteiger charge is -2.35. The Balaban J connectivity index is 0.985. The highest BCUT2D eigenvalue weighted by Crippen LogP contribution is 2.59. The Morgan fingerprint density at radius 3 is 0.957 bits per heavy atom. The number of para-hydroxylation sites is 3. The summed E-state index contributed by atoms with van der Waals surface area (Å²) in [6.07, 6.45) is 0. The van der Waals surface area contributed by atoms with Crippen LogP contribution < -0.4 is 14.7 Å². The predicted octanol–water partition coefficient (Wildman–Crippen LogP) is 25.2. The van der Waals surface area contributed by atoms with Gasteiger partial charge in [-0.2, -0.15) is 0 Å². The van der Waals surface area contributed by atoms with Crippen LogP contribution in [0.3, 0.4) is 0 Å². The molecule has 92 heavy (non-hydrogen) atoms. The van der Waals surface area contributed by atoms with E-state index in [1.807, 2.05) is 0 Å². The Bertz CT molecular complexity index is 5520. The van der Waals surface area contributed by atoms with E-state index in [0.717, 1.165) is 101 Å². The molecule has 0 aromatic heterocycles. The number of rotatable bonds is 12. The number of anilines is 9. The summed E-state index contributed by atoms with van der Waals surface area (Å²) in [4.78, 5) is 7.63. The van der Waals surface area contributed by atoms with Crippen molar-refractivity contribution in [2.24, 2.45) is 0 Å². The molecule has 3 nitrogen and oxygen atoms in total. The monoisotopic (exact) mass is 1170 g/mol. The molecule has 16 aromatic rings. The van der Waals surface area contributed by atoms with Crippen molar-refractivity contribution in [3.8, 4) is 44.5 Å². The molecular weight excluding hydrogens is 1110 g/mol. The highest BCUT2D eigenvalue weighted by molar-refractivity contribution is 6.25. The standard InChI is InChI=1S/C89H63N3/c1-89(2)82-57-72(90(69-49-46-60-26-12-15-35-66(60)54-69)84-43-23-20-38-73(84)63-29-6-3-7-30-63)52-53-76(82)79-58-80-81(59-83(79)89)88(92(71-51-48-62-28-14-17-37-68(62)56-71)86-45-25-22-40-75(86)65-33-10-5-11-34-65)78-42-19-18-41-77(78)87(80)91(70-50-47-61-27-13-16-36-67(61)55-70)85-44-24-21-39-74(85)64-31-8-4-9-32-64/h3-59H,1-2H3. The highest BCUT2D eigenvalue weighted by atomic mass is 15.2. The van der Waals surface area contributed by atoms with Crippen LogP contribution in [0.1, 0.15) is 25.0 Å². The zero-order chi connectivity index (χ0) is 61.3. The van der Waals surface area contributed by atoms with Gasteiger partial charge in [-0.1, -0.05) is 281 Å². The van der Waals surface area contributed by atoms with Crippen molar-refractivity contribution in [1.29, 1.82) is 0 Å². The van der Waals surface area contributed by atoms with E-state index in [-0.39, 0.29) is 0 Å². The van der Waals surface area contributed by atoms with Gasteiger partial charge in [0.05, 0.1) is 28.4 Å². The van der Waals surface area contributed by atoms with E-state index in [4.69, 9.17) is 0 Å². The van der Waals surface area contributed by atoms with Gasteiger partial charge in [-0.05, 0) is 150 Å². The van der Waals surface area contributed by atoms with Crippen LogP contribution in [-0.4, -0.2) is 0 Å². The molecule has 0 atom stereocenters. The maximum Gasteiger partial charge on any atom is 0.0620 e. The van der Waals surface area contributed by atoms with Crippen molar-refractivity contribution in [1.82, 2.24) is 0 Å². The molecule has 434 valence electrons. The molecule has 0 bridgehead atoms. The normalized spacial score (nSPS) is 12.3. The third kappa shape index (κ3) is 9.20. The van der Waals surface area contributed by atoms with Gasteiger partial charge in [0.1, 0.15) is 0 Å². The van der Waals surface area contributed by atoms with Gasteiger partial charge in [-0.25, -0.2) is 0 Å². The molecule has 17 rings (SSSR count). The fraction of sp³-hybridized carbons (Fsp3) is 0.0337. The minimum Gasteiger partial charge on any atom is -0.310 e. The smallest absolute Gasteiger partial charge is 0.0620 e. The minimum atomic E-state index is -0.459. The first-order chi connectivity index (χ1) is 45.4. The summed E-state index contributed by atoms with van der Waals surface area (Å²) in [6.45, 7) is 4.88. The van der Waals surface area contributed by atoms with E-state index < -0.39 is 5.41 Å². The average Bonchev–Trinajstić information content (AvgIpc) is 1.59. The first-order valence-corrected chi connectivity index (χ1v) is 31.9. The summed E-state index contributed by atoms with van der Waals surface area (Å²) in [6, 6.07) is 128. The Kier molecular flexibility index (Phi) is 13.2. The predicted molar refractivity (Wildman–Crippen MR) is 392 cm³/mol. The van der Waals surface area contributed by atoms with E-state index in [2.05, 4.69) is 374 Å². The molecule has 16 aromatic carbocycles. The van der Waals surface area contributed by atoms with Crippen LogP contribution in [-0.2, 0) is 5.41 Å². The second-order valence-corrected chi connectivity index (χ2v) is 24.8. The van der Waals surface area contributed by atoms with Gasteiger partial charge in [-0.15, -0.1) is 0 Å². The average molecular weight is 1170 g/mol. The molecule has 1 aliphatic rings. The van der Waals surface area contributed by atoms with Crippen LogP contribution in [0.5, 0.6) is 0 Å². The molecule has 0 spiro atoms. The summed E-state index contributed by atoms with van der Waals surface area (Å²) in [7, 11) is 0. The fourth-order valence-electron chi connectivity index (χ4n) is 14.7. The van der Waals surface area contributed by atoms with E-state index in [0.29, 0.717) is 0 Å². The largest absolute Gasteiger partial charge is 0.310 e. The van der Waals surface area contributed by atoms with E-state index in [9.17, 15) is 0 Å². The van der Waals surface area contributed by atoms with E-state index >= 15 is 0 Å². The Hall–Kier alpha value is -11.8. The molecule has 0 saturated heterocycles.